The van der Waals surface area contributed by atoms with Gasteiger partial charge in [0, 0.05) is 19.7 Å². The third kappa shape index (κ3) is 18.4. The molecule has 2 aliphatic heterocycles. The molecule has 2 saturated heterocycles. The molecule has 0 bridgehead atoms. The molecule has 2 fully saturated rings. The van der Waals surface area contributed by atoms with Crippen molar-refractivity contribution in [3.8, 4) is 11.5 Å². The maximum absolute atomic E-state index is 10.9. The fourth-order valence-corrected chi connectivity index (χ4v) is 6.57. The summed E-state index contributed by atoms with van der Waals surface area (Å²) < 4.78 is 38.1. The molecule has 4 rings (SSSR count). The van der Waals surface area contributed by atoms with Gasteiger partial charge in [-0.25, -0.2) is 9.69 Å². The third-order valence-electron chi connectivity index (χ3n) is 8.95. The predicted molar refractivity (Wildman–Crippen MR) is 194 cm³/mol. The molecule has 12 heteroatoms. The number of hydrogen-bond donors (Lipinski definition) is 1. The molecule has 0 aliphatic carbocycles. The van der Waals surface area contributed by atoms with Crippen LogP contribution in [-0.4, -0.2) is 101 Å². The van der Waals surface area contributed by atoms with Crippen molar-refractivity contribution in [2.75, 3.05) is 72.0 Å². The topological polar surface area (TPSA) is 129 Å². The van der Waals surface area contributed by atoms with Gasteiger partial charge in [0.1, 0.15) is 11.5 Å². The monoisotopic (exact) mass is 700 g/mol. The van der Waals surface area contributed by atoms with E-state index in [1.807, 2.05) is 24.3 Å². The molecule has 0 aromatic heterocycles. The average Bonchev–Trinajstić information content (AvgIpc) is 3.11. The Bertz CT molecular complexity index is 1350. The second-order valence-electron chi connectivity index (χ2n) is 12.7. The first-order valence-electron chi connectivity index (χ1n) is 17.4. The molecule has 0 radical (unpaired) electrons. The number of benzene rings is 2. The maximum Gasteiger partial charge on any atom is 0.264 e. The van der Waals surface area contributed by atoms with Crippen LogP contribution in [0, 0.1) is 25.0 Å². The van der Waals surface area contributed by atoms with Crippen molar-refractivity contribution in [3.63, 3.8) is 0 Å². The SMILES string of the molecule is O.[C-]#[N+]c1ccc(OCCCN2CCC(CCCO)CC2)cc1.[C-]#[N+]c1ccc(OCCCN2CCC(CCCOS(C)(=O)=O)CC2)cc1. The largest absolute Gasteiger partial charge is 0.494 e. The van der Waals surface area contributed by atoms with Gasteiger partial charge in [-0.15, -0.1) is 0 Å². The zero-order valence-electron chi connectivity index (χ0n) is 29.1. The summed E-state index contributed by atoms with van der Waals surface area (Å²) in [5.41, 5.74) is 1.28. The van der Waals surface area contributed by atoms with Crippen LogP contribution in [0.15, 0.2) is 48.5 Å². The van der Waals surface area contributed by atoms with Crippen LogP contribution in [0.3, 0.4) is 0 Å². The van der Waals surface area contributed by atoms with E-state index in [2.05, 4.69) is 19.5 Å². The van der Waals surface area contributed by atoms with Gasteiger partial charge in [0.15, 0.2) is 11.4 Å². The zero-order valence-corrected chi connectivity index (χ0v) is 29.9. The molecule has 3 N–H and O–H groups in total. The number of likely N-dealkylation sites (tertiary alicyclic amines) is 2. The average molecular weight is 701 g/mol. The number of aliphatic hydroxyl groups excluding tert-OH is 1. The van der Waals surface area contributed by atoms with Gasteiger partial charge in [-0.05, 0) is 126 Å². The molecule has 2 aromatic rings. The number of piperidine rings is 2. The summed E-state index contributed by atoms with van der Waals surface area (Å²) in [6.45, 7) is 22.5. The lowest BCUT2D eigenvalue weighted by Crippen LogP contribution is -2.35. The Labute approximate surface area is 294 Å². The number of rotatable bonds is 18. The Kier molecular flexibility index (Phi) is 20.5. The molecule has 2 aliphatic rings. The van der Waals surface area contributed by atoms with Gasteiger partial charge >= 0.3 is 0 Å². The van der Waals surface area contributed by atoms with Crippen LogP contribution >= 0.6 is 0 Å². The van der Waals surface area contributed by atoms with Crippen LogP contribution in [0.5, 0.6) is 11.5 Å². The highest BCUT2D eigenvalue weighted by atomic mass is 32.2. The lowest BCUT2D eigenvalue weighted by molar-refractivity contribution is 0.160. The van der Waals surface area contributed by atoms with E-state index >= 15 is 0 Å². The van der Waals surface area contributed by atoms with Gasteiger partial charge in [-0.3, -0.25) is 4.18 Å². The standard InChI is InChI=1S/C19H28N2O4S.C18H26N2O2.H2O/c1-20-18-6-8-19(9-7-18)24-15-4-12-21-13-10-17(11-14-21)5-3-16-25-26(2,22)23;1-19-17-5-7-18(8-6-17)22-15-3-11-20-12-9-16(10-13-20)4-2-14-21;/h6-9,17H,3-5,10-16H2,2H3;5-8,16,21H,2-4,9-15H2;1H2. The van der Waals surface area contributed by atoms with Crippen LogP contribution in [0.2, 0.25) is 0 Å². The number of aliphatic hydroxyl groups is 1. The minimum absolute atomic E-state index is 0. The summed E-state index contributed by atoms with van der Waals surface area (Å²) >= 11 is 0. The Morgan fingerprint density at radius 3 is 1.47 bits per heavy atom. The first-order valence-corrected chi connectivity index (χ1v) is 19.2. The van der Waals surface area contributed by atoms with Crippen molar-refractivity contribution in [1.82, 2.24) is 9.80 Å². The molecule has 0 atom stereocenters. The first kappa shape index (κ1) is 41.9. The van der Waals surface area contributed by atoms with E-state index in [0.717, 1.165) is 101 Å². The first-order chi connectivity index (χ1) is 23.3. The van der Waals surface area contributed by atoms with E-state index in [1.54, 1.807) is 24.3 Å². The van der Waals surface area contributed by atoms with E-state index < -0.39 is 10.1 Å². The van der Waals surface area contributed by atoms with Gasteiger partial charge in [0.2, 0.25) is 0 Å². The van der Waals surface area contributed by atoms with Gasteiger partial charge in [-0.1, -0.05) is 24.3 Å². The molecule has 49 heavy (non-hydrogen) atoms. The van der Waals surface area contributed by atoms with Gasteiger partial charge < -0.3 is 29.9 Å². The number of nitrogens with zero attached hydrogens (tertiary/aromatic N) is 4. The number of ether oxygens (including phenoxy) is 2. The van der Waals surface area contributed by atoms with Gasteiger partial charge in [-0.2, -0.15) is 8.42 Å². The van der Waals surface area contributed by atoms with Crippen LogP contribution in [0.25, 0.3) is 9.69 Å². The highest BCUT2D eigenvalue weighted by Crippen LogP contribution is 2.24. The molecule has 0 amide bonds. The third-order valence-corrected chi connectivity index (χ3v) is 9.54. The fraction of sp³-hybridized carbons (Fsp3) is 0.622. The minimum Gasteiger partial charge on any atom is -0.494 e. The fourth-order valence-electron chi connectivity index (χ4n) is 6.15. The second kappa shape index (κ2) is 24.0. The van der Waals surface area contributed by atoms with E-state index in [9.17, 15) is 8.42 Å². The van der Waals surface area contributed by atoms with Gasteiger partial charge in [0.05, 0.1) is 39.2 Å². The molecule has 0 unspecified atom stereocenters. The van der Waals surface area contributed by atoms with E-state index in [4.69, 9.17) is 31.9 Å². The second-order valence-corrected chi connectivity index (χ2v) is 14.4. The van der Waals surface area contributed by atoms with Crippen LogP contribution < -0.4 is 9.47 Å². The number of hydrogen-bond acceptors (Lipinski definition) is 8. The highest BCUT2D eigenvalue weighted by Gasteiger charge is 2.19. The minimum atomic E-state index is -3.31. The van der Waals surface area contributed by atoms with Crippen LogP contribution in [0.4, 0.5) is 11.4 Å². The van der Waals surface area contributed by atoms with E-state index in [0.29, 0.717) is 37.1 Å². The van der Waals surface area contributed by atoms with Crippen molar-refractivity contribution in [1.29, 1.82) is 0 Å². The molecule has 272 valence electrons. The van der Waals surface area contributed by atoms with Crippen LogP contribution in [0.1, 0.15) is 64.2 Å². The quantitative estimate of drug-likeness (QED) is 0.112. The Hall–Kier alpha value is -3.23. The summed E-state index contributed by atoms with van der Waals surface area (Å²) in [4.78, 5) is 11.7. The molecule has 2 aromatic carbocycles. The normalized spacial score (nSPS) is 16.0. The molecule has 0 spiro atoms. The molecule has 11 nitrogen and oxygen atoms in total. The van der Waals surface area contributed by atoms with Crippen molar-refractivity contribution < 1.29 is 32.7 Å². The van der Waals surface area contributed by atoms with Crippen molar-refractivity contribution in [2.45, 2.75) is 64.2 Å². The Morgan fingerprint density at radius 2 is 1.10 bits per heavy atom. The molecule has 2 heterocycles. The van der Waals surface area contributed by atoms with Crippen molar-refractivity contribution in [3.05, 3.63) is 71.4 Å². The lowest BCUT2D eigenvalue weighted by atomic mass is 9.92. The zero-order chi connectivity index (χ0) is 34.5. The Morgan fingerprint density at radius 1 is 0.694 bits per heavy atom. The van der Waals surface area contributed by atoms with Crippen molar-refractivity contribution in [2.24, 2.45) is 11.8 Å². The Balaban J connectivity index is 0.000000338. The van der Waals surface area contributed by atoms with Gasteiger partial charge in [0.25, 0.3) is 10.1 Å². The molecular formula is C37H56N4O7S. The smallest absolute Gasteiger partial charge is 0.264 e. The summed E-state index contributed by atoms with van der Waals surface area (Å²) in [5, 5.41) is 8.88. The summed E-state index contributed by atoms with van der Waals surface area (Å²) in [6.07, 6.45) is 11.9. The molecular weight excluding hydrogens is 644 g/mol. The van der Waals surface area contributed by atoms with Crippen LogP contribution in [-0.2, 0) is 14.3 Å². The van der Waals surface area contributed by atoms with Crippen molar-refractivity contribution >= 4 is 21.5 Å². The van der Waals surface area contributed by atoms with E-state index in [1.165, 1.54) is 32.4 Å². The summed E-state index contributed by atoms with van der Waals surface area (Å²) in [7, 11) is -3.31. The molecule has 0 saturated carbocycles. The lowest BCUT2D eigenvalue weighted by Gasteiger charge is -2.31. The summed E-state index contributed by atoms with van der Waals surface area (Å²) in [6, 6.07) is 14.5. The maximum atomic E-state index is 10.9. The van der Waals surface area contributed by atoms with E-state index in [-0.39, 0.29) is 5.48 Å². The summed E-state index contributed by atoms with van der Waals surface area (Å²) in [5.74, 6) is 3.13. The highest BCUT2D eigenvalue weighted by molar-refractivity contribution is 7.85. The predicted octanol–water partition coefficient (Wildman–Crippen LogP) is 6.14.